The molecule has 0 aliphatic heterocycles. The summed E-state index contributed by atoms with van der Waals surface area (Å²) in [7, 11) is 0. The number of aliphatic hydroxyl groups excluding tert-OH is 1. The average Bonchev–Trinajstić information content (AvgIpc) is 2.41. The highest BCUT2D eigenvalue weighted by molar-refractivity contribution is 9.10. The monoisotopic (exact) mass is 327 g/mol. The van der Waals surface area contributed by atoms with Crippen LogP contribution >= 0.6 is 15.9 Å². The lowest BCUT2D eigenvalue weighted by atomic mass is 9.70. The van der Waals surface area contributed by atoms with Gasteiger partial charge in [-0.3, -0.25) is 9.78 Å². The van der Waals surface area contributed by atoms with Gasteiger partial charge in [-0.2, -0.15) is 0 Å². The molecular weight excluding hydrogens is 310 g/mol. The number of carbonyl (C=O) groups is 1. The van der Waals surface area contributed by atoms with Crippen molar-refractivity contribution in [1.29, 1.82) is 0 Å². The predicted octanol–water partition coefficient (Wildman–Crippen LogP) is 2.58. The van der Waals surface area contributed by atoms with Gasteiger partial charge in [0.2, 0.25) is 0 Å². The van der Waals surface area contributed by atoms with Gasteiger partial charge in [0.15, 0.2) is 0 Å². The Balaban J connectivity index is 2.33. The van der Waals surface area contributed by atoms with E-state index >= 15 is 0 Å². The van der Waals surface area contributed by atoms with Crippen molar-refractivity contribution in [2.75, 3.05) is 6.61 Å². The molecule has 2 rings (SSSR count). The molecular formula is C14H18BrNO3. The minimum absolute atomic E-state index is 0.225. The summed E-state index contributed by atoms with van der Waals surface area (Å²) >= 11 is 3.35. The van der Waals surface area contributed by atoms with Crippen molar-refractivity contribution in [1.82, 2.24) is 4.98 Å². The van der Waals surface area contributed by atoms with Crippen LogP contribution in [0.3, 0.4) is 0 Å². The number of ether oxygens (including phenoxy) is 1. The summed E-state index contributed by atoms with van der Waals surface area (Å²) in [6.07, 6.45) is 3.76. The van der Waals surface area contributed by atoms with Crippen LogP contribution in [0.2, 0.25) is 0 Å². The number of rotatable bonds is 3. The third-order valence-corrected chi connectivity index (χ3v) is 4.16. The minimum atomic E-state index is -0.698. The van der Waals surface area contributed by atoms with Crippen LogP contribution in [0, 0.1) is 0 Å². The molecule has 0 spiro atoms. The number of aromatic nitrogens is 1. The first-order valence-corrected chi connectivity index (χ1v) is 7.35. The first-order chi connectivity index (χ1) is 9.08. The molecule has 1 aliphatic rings. The van der Waals surface area contributed by atoms with Crippen molar-refractivity contribution in [3.63, 3.8) is 0 Å². The van der Waals surface area contributed by atoms with E-state index in [2.05, 4.69) is 20.9 Å². The van der Waals surface area contributed by atoms with Gasteiger partial charge in [0, 0.05) is 10.7 Å². The largest absolute Gasteiger partial charge is 0.465 e. The number of hydrogen-bond acceptors (Lipinski definition) is 4. The zero-order chi connectivity index (χ0) is 13.9. The Morgan fingerprint density at radius 2 is 2.21 bits per heavy atom. The van der Waals surface area contributed by atoms with Gasteiger partial charge in [-0.05, 0) is 60.7 Å². The minimum Gasteiger partial charge on any atom is -0.465 e. The van der Waals surface area contributed by atoms with Gasteiger partial charge < -0.3 is 9.84 Å². The van der Waals surface area contributed by atoms with Gasteiger partial charge in [-0.15, -0.1) is 0 Å². The second kappa shape index (κ2) is 6.01. The van der Waals surface area contributed by atoms with E-state index in [-0.39, 0.29) is 12.1 Å². The number of pyridine rings is 1. The van der Waals surface area contributed by atoms with Crippen LogP contribution in [0.1, 0.15) is 38.3 Å². The number of nitrogens with zero attached hydrogens (tertiary/aromatic N) is 1. The van der Waals surface area contributed by atoms with Gasteiger partial charge >= 0.3 is 5.97 Å². The molecule has 5 heteroatoms. The lowest BCUT2D eigenvalue weighted by molar-refractivity contribution is -0.152. The second-order valence-electron chi connectivity index (χ2n) is 4.90. The lowest BCUT2D eigenvalue weighted by Crippen LogP contribution is -2.42. The number of esters is 1. The fourth-order valence-electron chi connectivity index (χ4n) is 2.59. The average molecular weight is 328 g/mol. The number of aliphatic hydroxyl groups is 1. The molecule has 0 aromatic carbocycles. The quantitative estimate of drug-likeness (QED) is 0.867. The standard InChI is InChI=1S/C14H18BrNO3/c1-2-19-13(18)14(7-5-11(17)6-8-14)12-4-3-10(15)9-16-12/h3-4,9,11,17H,2,5-8H2,1H3/t11-,14-. The van der Waals surface area contributed by atoms with E-state index in [9.17, 15) is 9.90 Å². The maximum atomic E-state index is 12.4. The number of halogens is 1. The van der Waals surface area contributed by atoms with Crippen molar-refractivity contribution in [2.45, 2.75) is 44.1 Å². The van der Waals surface area contributed by atoms with Crippen LogP contribution in [0.5, 0.6) is 0 Å². The smallest absolute Gasteiger partial charge is 0.318 e. The molecule has 104 valence electrons. The summed E-state index contributed by atoms with van der Waals surface area (Å²) in [5.74, 6) is -0.225. The normalized spacial score (nSPS) is 27.0. The highest BCUT2D eigenvalue weighted by Gasteiger charge is 2.45. The van der Waals surface area contributed by atoms with Crippen molar-refractivity contribution < 1.29 is 14.6 Å². The first-order valence-electron chi connectivity index (χ1n) is 6.56. The van der Waals surface area contributed by atoms with Crippen LogP contribution in [0.4, 0.5) is 0 Å². The third-order valence-electron chi connectivity index (χ3n) is 3.69. The third kappa shape index (κ3) is 2.98. The van der Waals surface area contributed by atoms with Gasteiger partial charge in [0.25, 0.3) is 0 Å². The van der Waals surface area contributed by atoms with Crippen molar-refractivity contribution in [3.05, 3.63) is 28.5 Å². The molecule has 0 saturated heterocycles. The zero-order valence-electron chi connectivity index (χ0n) is 10.9. The molecule has 1 N–H and O–H groups in total. The molecule has 1 aromatic heterocycles. The van der Waals surface area contributed by atoms with Gasteiger partial charge in [0.05, 0.1) is 18.4 Å². The summed E-state index contributed by atoms with van der Waals surface area (Å²) in [6.45, 7) is 2.16. The Morgan fingerprint density at radius 3 is 2.74 bits per heavy atom. The molecule has 1 aromatic rings. The van der Waals surface area contributed by atoms with Crippen LogP contribution < -0.4 is 0 Å². The molecule has 0 bridgehead atoms. The summed E-state index contributed by atoms with van der Waals surface area (Å²) in [6, 6.07) is 3.74. The van der Waals surface area contributed by atoms with Crippen molar-refractivity contribution in [3.8, 4) is 0 Å². The van der Waals surface area contributed by atoms with Gasteiger partial charge in [0.1, 0.15) is 5.41 Å². The Morgan fingerprint density at radius 1 is 1.53 bits per heavy atom. The fourth-order valence-corrected chi connectivity index (χ4v) is 2.82. The van der Waals surface area contributed by atoms with E-state index < -0.39 is 5.41 Å². The molecule has 1 heterocycles. The molecule has 4 nitrogen and oxygen atoms in total. The van der Waals surface area contributed by atoms with Crippen molar-refractivity contribution >= 4 is 21.9 Å². The van der Waals surface area contributed by atoms with Crippen LogP contribution in [0.15, 0.2) is 22.8 Å². The van der Waals surface area contributed by atoms with E-state index in [0.717, 1.165) is 10.2 Å². The summed E-state index contributed by atoms with van der Waals surface area (Å²) in [5, 5.41) is 9.66. The van der Waals surface area contributed by atoms with E-state index in [4.69, 9.17) is 4.74 Å². The molecule has 0 radical (unpaired) electrons. The Bertz CT molecular complexity index is 439. The Labute approximate surface area is 121 Å². The van der Waals surface area contributed by atoms with Crippen LogP contribution in [-0.2, 0) is 14.9 Å². The molecule has 19 heavy (non-hydrogen) atoms. The maximum absolute atomic E-state index is 12.4. The summed E-state index contributed by atoms with van der Waals surface area (Å²) in [5.41, 5.74) is 0.0386. The fraction of sp³-hybridized carbons (Fsp3) is 0.571. The zero-order valence-corrected chi connectivity index (χ0v) is 12.5. The summed E-state index contributed by atoms with van der Waals surface area (Å²) in [4.78, 5) is 16.7. The highest BCUT2D eigenvalue weighted by atomic mass is 79.9. The van der Waals surface area contributed by atoms with Gasteiger partial charge in [-0.1, -0.05) is 0 Å². The van der Waals surface area contributed by atoms with E-state index in [1.807, 2.05) is 12.1 Å². The van der Waals surface area contributed by atoms with Crippen molar-refractivity contribution in [2.24, 2.45) is 0 Å². The molecule has 1 fully saturated rings. The molecule has 0 unspecified atom stereocenters. The van der Waals surface area contributed by atoms with E-state index in [1.54, 1.807) is 13.1 Å². The summed E-state index contributed by atoms with van der Waals surface area (Å²) < 4.78 is 6.11. The SMILES string of the molecule is CCOC(=O)[C@]1(c2ccc(Br)cn2)CC[C@@H](O)CC1. The van der Waals surface area contributed by atoms with Gasteiger partial charge in [-0.25, -0.2) is 0 Å². The molecule has 1 saturated carbocycles. The van der Waals surface area contributed by atoms with Crippen LogP contribution in [0.25, 0.3) is 0 Å². The Hall–Kier alpha value is -0.940. The second-order valence-corrected chi connectivity index (χ2v) is 5.81. The topological polar surface area (TPSA) is 59.4 Å². The van der Waals surface area contributed by atoms with E-state index in [0.29, 0.717) is 32.3 Å². The first kappa shape index (κ1) is 14.5. The molecule has 1 aliphatic carbocycles. The predicted molar refractivity (Wildman–Crippen MR) is 74.7 cm³/mol. The van der Waals surface area contributed by atoms with Crippen LogP contribution in [-0.4, -0.2) is 28.8 Å². The molecule has 0 amide bonds. The Kier molecular flexibility index (Phi) is 4.58. The maximum Gasteiger partial charge on any atom is 0.318 e. The highest BCUT2D eigenvalue weighted by Crippen LogP contribution is 2.40. The van der Waals surface area contributed by atoms with E-state index in [1.165, 1.54) is 0 Å². The number of carbonyl (C=O) groups excluding carboxylic acids is 1. The molecule has 0 atom stereocenters. The lowest BCUT2D eigenvalue weighted by Gasteiger charge is -2.36. The number of hydrogen-bond donors (Lipinski definition) is 1.